The van der Waals surface area contributed by atoms with Crippen LogP contribution in [0.4, 0.5) is 0 Å². The normalized spacial score (nSPS) is 16.2. The van der Waals surface area contributed by atoms with E-state index in [0.717, 1.165) is 0 Å². The molecule has 6 aromatic rings. The molecule has 0 radical (unpaired) electrons. The van der Waals surface area contributed by atoms with Gasteiger partial charge >= 0.3 is 6.82 Å². The largest absolute Gasteiger partial charge is 0.848 e. The lowest BCUT2D eigenvalue weighted by molar-refractivity contribution is -0.726. The van der Waals surface area contributed by atoms with Crippen molar-refractivity contribution in [3.63, 3.8) is 0 Å². The van der Waals surface area contributed by atoms with Crippen molar-refractivity contribution in [1.29, 1.82) is 0 Å². The van der Waals surface area contributed by atoms with E-state index in [2.05, 4.69) is 149 Å². The standard InChI is InChI=1S/C24H20B.C16H22BN2O2/c1-5-13-21(14-6-1)25(22-15-7-2-8-16-22,23-17-9-3-10-18-23)24-19-11-4-12-20-24;1-15(2)16(3,4)21-17(20-15,18-11-7-5-8-12-18)19-13-9-6-10-14-19/h1-20H;5-14H,1-4H3/q-1;+1. The predicted octanol–water partition coefficient (Wildman–Crippen LogP) is 4.76. The van der Waals surface area contributed by atoms with Crippen molar-refractivity contribution in [2.24, 2.45) is 0 Å². The number of benzene rings is 4. The summed E-state index contributed by atoms with van der Waals surface area (Å²) in [5, 5.41) is 0. The first-order valence-corrected chi connectivity index (χ1v) is 16.1. The monoisotopic (exact) mass is 604 g/mol. The van der Waals surface area contributed by atoms with Crippen molar-refractivity contribution in [3.8, 4) is 0 Å². The molecule has 0 bridgehead atoms. The number of hydrogen-bond acceptors (Lipinski definition) is 2. The van der Waals surface area contributed by atoms with Gasteiger partial charge in [0.1, 0.15) is 30.9 Å². The molecule has 230 valence electrons. The Hall–Kier alpha value is -4.77. The van der Waals surface area contributed by atoms with Crippen LogP contribution in [0, 0.1) is 0 Å². The van der Waals surface area contributed by atoms with Gasteiger partial charge in [0.05, 0.1) is 11.2 Å². The fourth-order valence-electron chi connectivity index (χ4n) is 6.85. The molecule has 0 spiro atoms. The van der Waals surface area contributed by atoms with Gasteiger partial charge in [0.2, 0.25) is 0 Å². The molecule has 0 unspecified atom stereocenters. The molecule has 0 atom stereocenters. The zero-order valence-electron chi connectivity index (χ0n) is 27.2. The Labute approximate surface area is 273 Å². The highest BCUT2D eigenvalue weighted by Crippen LogP contribution is 2.38. The van der Waals surface area contributed by atoms with Crippen LogP contribution in [0.2, 0.25) is 0 Å². The summed E-state index contributed by atoms with van der Waals surface area (Å²) >= 11 is 0. The molecule has 1 aliphatic rings. The zero-order chi connectivity index (χ0) is 32.1. The molecule has 0 saturated carbocycles. The van der Waals surface area contributed by atoms with Crippen LogP contribution < -0.4 is 30.8 Å². The second-order valence-electron chi connectivity index (χ2n) is 13.0. The minimum atomic E-state index is -1.83. The molecule has 1 aliphatic heterocycles. The quantitative estimate of drug-likeness (QED) is 0.257. The third-order valence-electron chi connectivity index (χ3n) is 9.78. The summed E-state index contributed by atoms with van der Waals surface area (Å²) in [6.45, 7) is 6.46. The minimum absolute atomic E-state index is 0.404. The maximum Gasteiger partial charge on any atom is 0.848 e. The van der Waals surface area contributed by atoms with Gasteiger partial charge in [-0.15, -0.1) is 0 Å². The molecule has 1 saturated heterocycles. The molecule has 0 amide bonds. The third kappa shape index (κ3) is 5.71. The highest BCUT2D eigenvalue weighted by atomic mass is 16.7. The summed E-state index contributed by atoms with van der Waals surface area (Å²) < 4.78 is 17.0. The summed E-state index contributed by atoms with van der Waals surface area (Å²) in [4.78, 5) is 0. The smallest absolute Gasteiger partial charge is 0.427 e. The van der Waals surface area contributed by atoms with E-state index in [4.69, 9.17) is 9.31 Å². The molecule has 6 heteroatoms. The average molecular weight is 604 g/mol. The Balaban J connectivity index is 0.000000164. The lowest BCUT2D eigenvalue weighted by atomic mass is 9.13. The first-order valence-electron chi connectivity index (χ1n) is 16.1. The molecule has 0 N–H and O–H groups in total. The van der Waals surface area contributed by atoms with Gasteiger partial charge in [-0.25, -0.2) is 0 Å². The topological polar surface area (TPSA) is 26.2 Å². The van der Waals surface area contributed by atoms with Crippen LogP contribution >= 0.6 is 0 Å². The number of nitrogens with zero attached hydrogens (tertiary/aromatic N) is 2. The highest BCUT2D eigenvalue weighted by Gasteiger charge is 2.69. The van der Waals surface area contributed by atoms with Gasteiger partial charge in [0.25, 0.3) is 0 Å². The molecule has 4 nitrogen and oxygen atoms in total. The maximum absolute atomic E-state index is 6.49. The summed E-state index contributed by atoms with van der Waals surface area (Å²) in [7, 11) is 0. The summed E-state index contributed by atoms with van der Waals surface area (Å²) in [6.07, 6.45) is 6.72. The zero-order valence-corrected chi connectivity index (χ0v) is 27.2. The molecular weight excluding hydrogens is 562 g/mol. The van der Waals surface area contributed by atoms with Crippen LogP contribution in [0.1, 0.15) is 27.7 Å². The van der Waals surface area contributed by atoms with Crippen molar-refractivity contribution in [2.75, 3.05) is 0 Å². The van der Waals surface area contributed by atoms with Crippen molar-refractivity contribution < 1.29 is 18.3 Å². The summed E-state index contributed by atoms with van der Waals surface area (Å²) in [6, 6.07) is 55.4. The van der Waals surface area contributed by atoms with Gasteiger partial charge in [-0.3, -0.25) is 8.96 Å². The van der Waals surface area contributed by atoms with Crippen LogP contribution in [0.25, 0.3) is 0 Å². The van der Waals surface area contributed by atoms with E-state index in [9.17, 15) is 0 Å². The average Bonchev–Trinajstić information content (AvgIpc) is 3.32. The summed E-state index contributed by atoms with van der Waals surface area (Å²) in [5.74, 6) is 0. The van der Waals surface area contributed by atoms with Crippen molar-refractivity contribution in [2.45, 2.75) is 38.9 Å². The number of hydrogen-bond donors (Lipinski definition) is 0. The van der Waals surface area contributed by atoms with Crippen molar-refractivity contribution in [3.05, 3.63) is 183 Å². The Morgan fingerprint density at radius 3 is 0.891 bits per heavy atom. The number of rotatable bonds is 6. The molecule has 0 aliphatic carbocycles. The fourth-order valence-corrected chi connectivity index (χ4v) is 6.85. The fraction of sp³-hybridized carbons (Fsp3) is 0.150. The van der Waals surface area contributed by atoms with Gasteiger partial charge < -0.3 is 9.31 Å². The van der Waals surface area contributed by atoms with Crippen LogP contribution in [-0.4, -0.2) is 24.2 Å². The van der Waals surface area contributed by atoms with Crippen molar-refractivity contribution in [1.82, 2.24) is 0 Å². The predicted molar refractivity (Wildman–Crippen MR) is 190 cm³/mol. The van der Waals surface area contributed by atoms with E-state index >= 15 is 0 Å². The molecule has 3 heterocycles. The second kappa shape index (κ2) is 12.9. The first-order chi connectivity index (χ1) is 22.3. The Kier molecular flexibility index (Phi) is 8.77. The Bertz CT molecular complexity index is 1600. The van der Waals surface area contributed by atoms with Crippen LogP contribution in [0.3, 0.4) is 0 Å². The molecule has 2 aromatic heterocycles. The second-order valence-corrected chi connectivity index (χ2v) is 13.0. The Morgan fingerprint density at radius 1 is 0.391 bits per heavy atom. The van der Waals surface area contributed by atoms with E-state index < -0.39 is 24.2 Å². The SMILES string of the molecule is CC1(C)O[B-]([n+]2ccccc2)([n+]2ccccc2)OC1(C)C.c1ccc([B-](c2ccccc2)(c2ccccc2)c2ccccc2)cc1. The van der Waals surface area contributed by atoms with E-state index in [1.54, 1.807) is 0 Å². The highest BCUT2D eigenvalue weighted by molar-refractivity contribution is 7.19. The number of pyridine rings is 2. The molecular formula is C40H42B2N2O2. The van der Waals surface area contributed by atoms with Gasteiger partial charge in [0, 0.05) is 0 Å². The lowest BCUT2D eigenvalue weighted by Crippen LogP contribution is -2.83. The van der Waals surface area contributed by atoms with E-state index in [1.807, 2.05) is 70.1 Å². The summed E-state index contributed by atoms with van der Waals surface area (Å²) in [5.41, 5.74) is 4.55. The molecule has 7 rings (SSSR count). The van der Waals surface area contributed by atoms with Gasteiger partial charge in [-0.05, 0) is 52.0 Å². The van der Waals surface area contributed by atoms with Crippen LogP contribution in [0.5, 0.6) is 0 Å². The molecule has 46 heavy (non-hydrogen) atoms. The maximum atomic E-state index is 6.49. The third-order valence-corrected chi connectivity index (χ3v) is 9.78. The lowest BCUT2D eigenvalue weighted by Gasteiger charge is -2.44. The van der Waals surface area contributed by atoms with Gasteiger partial charge in [-0.2, -0.15) is 21.9 Å². The van der Waals surface area contributed by atoms with E-state index in [-0.39, 0.29) is 0 Å². The van der Waals surface area contributed by atoms with E-state index in [1.165, 1.54) is 21.9 Å². The Morgan fingerprint density at radius 2 is 0.630 bits per heavy atom. The van der Waals surface area contributed by atoms with Crippen molar-refractivity contribution >= 4 is 34.8 Å². The van der Waals surface area contributed by atoms with E-state index in [0.29, 0.717) is 0 Å². The first kappa shape index (κ1) is 31.2. The van der Waals surface area contributed by atoms with Crippen LogP contribution in [0.15, 0.2) is 183 Å². The van der Waals surface area contributed by atoms with Gasteiger partial charge in [0.15, 0.2) is 0 Å². The van der Waals surface area contributed by atoms with Crippen LogP contribution in [-0.2, 0) is 9.31 Å². The van der Waals surface area contributed by atoms with Gasteiger partial charge in [-0.1, -0.05) is 133 Å². The number of aromatic nitrogens is 2. The molecule has 4 aromatic carbocycles. The minimum Gasteiger partial charge on any atom is -0.427 e. The molecule has 1 fully saturated rings.